The molecule has 1 atom stereocenters. The first-order chi connectivity index (χ1) is 12.3. The largest absolute Gasteiger partial charge is 0.377 e. The van der Waals surface area contributed by atoms with E-state index in [2.05, 4.69) is 10.6 Å². The van der Waals surface area contributed by atoms with Gasteiger partial charge in [-0.3, -0.25) is 10.1 Å². The van der Waals surface area contributed by atoms with Crippen molar-refractivity contribution in [2.24, 2.45) is 11.1 Å². The molecular formula is C16H24N4O5S. The number of morpholine rings is 1. The molecule has 2 fully saturated rings. The third-order valence-corrected chi connectivity index (χ3v) is 6.02. The highest BCUT2D eigenvalue weighted by molar-refractivity contribution is 7.89. The molecule has 26 heavy (non-hydrogen) atoms. The molecule has 0 bridgehead atoms. The third-order valence-electron chi connectivity index (χ3n) is 5.11. The Kier molecular flexibility index (Phi) is 5.76. The van der Waals surface area contributed by atoms with Crippen LogP contribution in [0.1, 0.15) is 25.7 Å². The van der Waals surface area contributed by atoms with Crippen LogP contribution in [-0.4, -0.2) is 45.2 Å². The first-order valence-corrected chi connectivity index (χ1v) is 10.3. The third kappa shape index (κ3) is 4.50. The first-order valence-electron chi connectivity index (χ1n) is 8.74. The molecule has 1 heterocycles. The highest BCUT2D eigenvalue weighted by atomic mass is 32.2. The van der Waals surface area contributed by atoms with Crippen molar-refractivity contribution in [3.05, 3.63) is 28.3 Å². The number of anilines is 1. The van der Waals surface area contributed by atoms with Crippen LogP contribution in [-0.2, 0) is 14.8 Å². The van der Waals surface area contributed by atoms with E-state index in [0.717, 1.165) is 51.4 Å². The van der Waals surface area contributed by atoms with Crippen molar-refractivity contribution in [3.8, 4) is 0 Å². The van der Waals surface area contributed by atoms with Crippen LogP contribution in [0.2, 0.25) is 0 Å². The molecule has 0 amide bonds. The molecule has 3 rings (SSSR count). The van der Waals surface area contributed by atoms with E-state index in [9.17, 15) is 18.5 Å². The lowest BCUT2D eigenvalue weighted by Gasteiger charge is -2.36. The van der Waals surface area contributed by atoms with E-state index < -0.39 is 14.9 Å². The van der Waals surface area contributed by atoms with Gasteiger partial charge < -0.3 is 15.4 Å². The molecule has 1 aromatic carbocycles. The maximum atomic E-state index is 11.4. The van der Waals surface area contributed by atoms with Gasteiger partial charge in [-0.1, -0.05) is 0 Å². The fourth-order valence-corrected chi connectivity index (χ4v) is 4.24. The zero-order chi connectivity index (χ0) is 18.7. The summed E-state index contributed by atoms with van der Waals surface area (Å²) in [6.45, 7) is 2.51. The summed E-state index contributed by atoms with van der Waals surface area (Å²) in [6.07, 6.45) is 4.00. The van der Waals surface area contributed by atoms with Gasteiger partial charge in [-0.05, 0) is 43.7 Å². The molecule has 10 heteroatoms. The minimum absolute atomic E-state index is 0.113. The molecule has 1 aliphatic carbocycles. The predicted octanol–water partition coefficient (Wildman–Crippen LogP) is 1.20. The maximum Gasteiger partial charge on any atom is 0.293 e. The summed E-state index contributed by atoms with van der Waals surface area (Å²) >= 11 is 0. The molecule has 144 valence electrons. The summed E-state index contributed by atoms with van der Waals surface area (Å²) in [7, 11) is -3.98. The molecule has 0 radical (unpaired) electrons. The molecule has 9 nitrogen and oxygen atoms in total. The van der Waals surface area contributed by atoms with E-state index in [-0.39, 0.29) is 22.7 Å². The first kappa shape index (κ1) is 19.0. The molecule has 0 spiro atoms. The number of nitro groups is 1. The van der Waals surface area contributed by atoms with Crippen molar-refractivity contribution in [2.45, 2.75) is 42.7 Å². The number of hydrogen-bond donors (Lipinski definition) is 3. The summed E-state index contributed by atoms with van der Waals surface area (Å²) in [4.78, 5) is 10.5. The van der Waals surface area contributed by atoms with Crippen LogP contribution < -0.4 is 15.8 Å². The predicted molar refractivity (Wildman–Crippen MR) is 96.4 cm³/mol. The molecule has 1 saturated carbocycles. The van der Waals surface area contributed by atoms with E-state index >= 15 is 0 Å². The summed E-state index contributed by atoms with van der Waals surface area (Å²) in [5.41, 5.74) is 0.0416. The van der Waals surface area contributed by atoms with Crippen LogP contribution in [0, 0.1) is 16.0 Å². The molecule has 1 aliphatic heterocycles. The Morgan fingerprint density at radius 2 is 2.00 bits per heavy atom. The average molecular weight is 384 g/mol. The molecule has 0 aromatic heterocycles. The van der Waals surface area contributed by atoms with Crippen molar-refractivity contribution >= 4 is 21.4 Å². The van der Waals surface area contributed by atoms with Crippen LogP contribution in [0.25, 0.3) is 0 Å². The minimum Gasteiger partial charge on any atom is -0.377 e. The van der Waals surface area contributed by atoms with Gasteiger partial charge in [-0.15, -0.1) is 0 Å². The molecule has 1 unspecified atom stereocenters. The highest BCUT2D eigenvalue weighted by Crippen LogP contribution is 2.33. The number of rotatable bonds is 5. The fraction of sp³-hybridized carbons (Fsp3) is 0.625. The second kappa shape index (κ2) is 7.87. The van der Waals surface area contributed by atoms with Gasteiger partial charge >= 0.3 is 0 Å². The van der Waals surface area contributed by atoms with Gasteiger partial charge in [0.05, 0.1) is 22.5 Å². The van der Waals surface area contributed by atoms with Gasteiger partial charge in [0, 0.05) is 25.2 Å². The maximum absolute atomic E-state index is 11.4. The van der Waals surface area contributed by atoms with Crippen LogP contribution >= 0.6 is 0 Å². The number of sulfonamides is 1. The van der Waals surface area contributed by atoms with E-state index in [1.807, 2.05) is 0 Å². The standard InChI is InChI=1S/C16H24N4O5S/c17-26(23,24)13-5-6-14(15(9-13)20(21)22)19-12-3-1-11(2-4-12)16-10-18-7-8-25-16/h5-6,9,11-12,16,18-19H,1-4,7-8,10H2,(H2,17,23,24)/t11-,12+,16?. The van der Waals surface area contributed by atoms with E-state index in [4.69, 9.17) is 9.88 Å². The lowest BCUT2D eigenvalue weighted by atomic mass is 9.82. The molecule has 2 aliphatic rings. The van der Waals surface area contributed by atoms with Crippen molar-refractivity contribution in [1.82, 2.24) is 5.32 Å². The monoisotopic (exact) mass is 384 g/mol. The number of ether oxygens (including phenoxy) is 1. The van der Waals surface area contributed by atoms with Gasteiger partial charge in [-0.2, -0.15) is 0 Å². The second-order valence-corrected chi connectivity index (χ2v) is 8.41. The Morgan fingerprint density at radius 3 is 2.58 bits per heavy atom. The lowest BCUT2D eigenvalue weighted by molar-refractivity contribution is -0.384. The SMILES string of the molecule is NS(=O)(=O)c1ccc(N[C@H]2CC[C@@H](C3CNCCO3)CC2)c([N+](=O)[O-])c1. The van der Waals surface area contributed by atoms with E-state index in [1.165, 1.54) is 12.1 Å². The zero-order valence-corrected chi connectivity index (χ0v) is 15.2. The number of primary sulfonamides is 1. The lowest BCUT2D eigenvalue weighted by Crippen LogP contribution is -2.44. The Bertz CT molecular complexity index is 756. The van der Waals surface area contributed by atoms with Crippen molar-refractivity contribution < 1.29 is 18.1 Å². The zero-order valence-electron chi connectivity index (χ0n) is 14.4. The second-order valence-electron chi connectivity index (χ2n) is 6.85. The van der Waals surface area contributed by atoms with Crippen LogP contribution in [0.3, 0.4) is 0 Å². The Balaban J connectivity index is 1.65. The Labute approximate surface area is 152 Å². The van der Waals surface area contributed by atoms with Gasteiger partial charge in [0.15, 0.2) is 0 Å². The van der Waals surface area contributed by atoms with Crippen molar-refractivity contribution in [1.29, 1.82) is 0 Å². The molecule has 1 saturated heterocycles. The smallest absolute Gasteiger partial charge is 0.293 e. The van der Waals surface area contributed by atoms with E-state index in [1.54, 1.807) is 0 Å². The van der Waals surface area contributed by atoms with E-state index in [0.29, 0.717) is 11.6 Å². The van der Waals surface area contributed by atoms with Gasteiger partial charge in [0.1, 0.15) is 5.69 Å². The number of nitrogens with zero attached hydrogens (tertiary/aromatic N) is 1. The number of nitrogens with one attached hydrogen (secondary N) is 2. The van der Waals surface area contributed by atoms with Crippen molar-refractivity contribution in [2.75, 3.05) is 25.0 Å². The molecule has 1 aromatic rings. The van der Waals surface area contributed by atoms with Crippen molar-refractivity contribution in [3.63, 3.8) is 0 Å². The number of hydrogen-bond acceptors (Lipinski definition) is 7. The Morgan fingerprint density at radius 1 is 1.27 bits per heavy atom. The summed E-state index contributed by atoms with van der Waals surface area (Å²) < 4.78 is 28.7. The molecular weight excluding hydrogens is 360 g/mol. The number of nitro benzene ring substituents is 1. The summed E-state index contributed by atoms with van der Waals surface area (Å²) in [6, 6.07) is 3.82. The normalized spacial score (nSPS) is 27.0. The van der Waals surface area contributed by atoms with Crippen LogP contribution in [0.15, 0.2) is 23.1 Å². The Hall–Kier alpha value is -1.75. The highest BCUT2D eigenvalue weighted by Gasteiger charge is 2.30. The topological polar surface area (TPSA) is 137 Å². The van der Waals surface area contributed by atoms with Crippen LogP contribution in [0.5, 0.6) is 0 Å². The quantitative estimate of drug-likeness (QED) is 0.512. The number of benzene rings is 1. The summed E-state index contributed by atoms with van der Waals surface area (Å²) in [5, 5.41) is 22.9. The fourth-order valence-electron chi connectivity index (χ4n) is 3.71. The van der Waals surface area contributed by atoms with Gasteiger partial charge in [-0.25, -0.2) is 13.6 Å². The van der Waals surface area contributed by atoms with Gasteiger partial charge in [0.2, 0.25) is 10.0 Å². The average Bonchev–Trinajstić information content (AvgIpc) is 2.62. The summed E-state index contributed by atoms with van der Waals surface area (Å²) in [5.74, 6) is 0.501. The minimum atomic E-state index is -3.98. The molecule has 4 N–H and O–H groups in total. The van der Waals surface area contributed by atoms with Gasteiger partial charge in [0.25, 0.3) is 5.69 Å². The van der Waals surface area contributed by atoms with Crippen LogP contribution in [0.4, 0.5) is 11.4 Å². The number of nitrogens with two attached hydrogens (primary N) is 1.